The SMILES string of the molecule is COc1ccc([C@H]2CCN(CCCC(=O)NC(N)=O)C2)cc1. The number of amides is 3. The number of primary amides is 1. The van der Waals surface area contributed by atoms with Gasteiger partial charge in [-0.2, -0.15) is 0 Å². The number of imide groups is 1. The summed E-state index contributed by atoms with van der Waals surface area (Å²) in [6.45, 7) is 2.90. The Morgan fingerprint density at radius 2 is 2.09 bits per heavy atom. The number of nitrogens with one attached hydrogen (secondary N) is 1. The lowest BCUT2D eigenvalue weighted by atomic mass is 9.98. The highest BCUT2D eigenvalue weighted by Gasteiger charge is 2.23. The van der Waals surface area contributed by atoms with Crippen molar-refractivity contribution in [3.8, 4) is 5.75 Å². The number of benzene rings is 1. The molecule has 0 aliphatic carbocycles. The molecule has 0 unspecified atom stereocenters. The molecule has 1 heterocycles. The van der Waals surface area contributed by atoms with Crippen LogP contribution in [-0.2, 0) is 4.79 Å². The van der Waals surface area contributed by atoms with Gasteiger partial charge in [0.05, 0.1) is 7.11 Å². The van der Waals surface area contributed by atoms with E-state index < -0.39 is 6.03 Å². The number of methoxy groups -OCH3 is 1. The van der Waals surface area contributed by atoms with Gasteiger partial charge in [-0.25, -0.2) is 4.79 Å². The van der Waals surface area contributed by atoms with Crippen molar-refractivity contribution in [3.05, 3.63) is 29.8 Å². The first-order valence-corrected chi connectivity index (χ1v) is 7.54. The Morgan fingerprint density at radius 1 is 1.36 bits per heavy atom. The molecule has 120 valence electrons. The maximum atomic E-state index is 11.3. The monoisotopic (exact) mass is 305 g/mol. The van der Waals surface area contributed by atoms with Crippen molar-refractivity contribution in [1.82, 2.24) is 10.2 Å². The summed E-state index contributed by atoms with van der Waals surface area (Å²) in [6, 6.07) is 7.43. The van der Waals surface area contributed by atoms with Crippen LogP contribution in [0, 0.1) is 0 Å². The molecule has 22 heavy (non-hydrogen) atoms. The predicted octanol–water partition coefficient (Wildman–Crippen LogP) is 1.46. The molecular formula is C16H23N3O3. The molecule has 0 bridgehead atoms. The summed E-state index contributed by atoms with van der Waals surface area (Å²) in [5.74, 6) is 1.10. The number of rotatable bonds is 6. The smallest absolute Gasteiger partial charge is 0.318 e. The molecule has 1 aromatic carbocycles. The number of nitrogens with zero attached hydrogens (tertiary/aromatic N) is 1. The predicted molar refractivity (Wildman–Crippen MR) is 83.8 cm³/mol. The zero-order valence-corrected chi connectivity index (χ0v) is 12.9. The third kappa shape index (κ3) is 4.73. The lowest BCUT2D eigenvalue weighted by Gasteiger charge is -2.16. The molecular weight excluding hydrogens is 282 g/mol. The van der Waals surface area contributed by atoms with Gasteiger partial charge in [0, 0.05) is 13.0 Å². The molecule has 2 rings (SSSR count). The summed E-state index contributed by atoms with van der Waals surface area (Å²) in [6.07, 6.45) is 2.18. The number of likely N-dealkylation sites (tertiary alicyclic amines) is 1. The van der Waals surface area contributed by atoms with E-state index in [1.54, 1.807) is 7.11 Å². The van der Waals surface area contributed by atoms with Gasteiger partial charge in [0.15, 0.2) is 0 Å². The number of carbonyl (C=O) groups is 2. The molecule has 1 aliphatic rings. The Bertz CT molecular complexity index is 516. The fourth-order valence-corrected chi connectivity index (χ4v) is 2.85. The standard InChI is InChI=1S/C16H23N3O3/c1-22-14-6-4-12(5-7-14)13-8-10-19(11-13)9-2-3-15(20)18-16(17)21/h4-7,13H,2-3,8-11H2,1H3,(H3,17,18,20,21)/t13-/m0/s1. The summed E-state index contributed by atoms with van der Waals surface area (Å²) in [7, 11) is 1.67. The van der Waals surface area contributed by atoms with Crippen molar-refractivity contribution >= 4 is 11.9 Å². The number of hydrogen-bond acceptors (Lipinski definition) is 4. The fraction of sp³-hybridized carbons (Fsp3) is 0.500. The number of nitrogens with two attached hydrogens (primary N) is 1. The third-order valence-corrected chi connectivity index (χ3v) is 4.00. The number of carbonyl (C=O) groups excluding carboxylic acids is 2. The first-order chi connectivity index (χ1) is 10.6. The molecule has 1 atom stereocenters. The molecule has 1 fully saturated rings. The molecule has 0 radical (unpaired) electrons. The molecule has 1 saturated heterocycles. The Kier molecular flexibility index (Phi) is 5.77. The van der Waals surface area contributed by atoms with Crippen molar-refractivity contribution in [2.24, 2.45) is 5.73 Å². The van der Waals surface area contributed by atoms with Gasteiger partial charge in [-0.05, 0) is 49.5 Å². The lowest BCUT2D eigenvalue weighted by Crippen LogP contribution is -2.35. The van der Waals surface area contributed by atoms with Crippen LogP contribution in [0.5, 0.6) is 5.75 Å². The number of ether oxygens (including phenoxy) is 1. The third-order valence-electron chi connectivity index (χ3n) is 4.00. The quantitative estimate of drug-likeness (QED) is 0.833. The van der Waals surface area contributed by atoms with Crippen LogP contribution in [0.2, 0.25) is 0 Å². The summed E-state index contributed by atoms with van der Waals surface area (Å²) in [5.41, 5.74) is 6.23. The summed E-state index contributed by atoms with van der Waals surface area (Å²) >= 11 is 0. The summed E-state index contributed by atoms with van der Waals surface area (Å²) in [4.78, 5) is 24.2. The van der Waals surface area contributed by atoms with Gasteiger partial charge in [0.25, 0.3) is 0 Å². The minimum Gasteiger partial charge on any atom is -0.497 e. The van der Waals surface area contributed by atoms with Crippen LogP contribution < -0.4 is 15.8 Å². The van der Waals surface area contributed by atoms with Crippen molar-refractivity contribution in [3.63, 3.8) is 0 Å². The van der Waals surface area contributed by atoms with Crippen LogP contribution in [0.15, 0.2) is 24.3 Å². The van der Waals surface area contributed by atoms with Crippen LogP contribution in [0.4, 0.5) is 4.79 Å². The number of hydrogen-bond donors (Lipinski definition) is 2. The van der Waals surface area contributed by atoms with Gasteiger partial charge >= 0.3 is 6.03 Å². The maximum absolute atomic E-state index is 11.3. The average Bonchev–Trinajstić information content (AvgIpc) is 2.95. The van der Waals surface area contributed by atoms with E-state index in [1.807, 2.05) is 12.1 Å². The van der Waals surface area contributed by atoms with Crippen LogP contribution in [0.1, 0.15) is 30.7 Å². The molecule has 1 aliphatic heterocycles. The minimum atomic E-state index is -0.786. The second kappa shape index (κ2) is 7.79. The summed E-state index contributed by atoms with van der Waals surface area (Å²) in [5, 5.41) is 2.08. The maximum Gasteiger partial charge on any atom is 0.318 e. The normalized spacial score (nSPS) is 18.1. The van der Waals surface area contributed by atoms with Gasteiger partial charge in [-0.15, -0.1) is 0 Å². The molecule has 6 nitrogen and oxygen atoms in total. The molecule has 0 aromatic heterocycles. The van der Waals surface area contributed by atoms with Gasteiger partial charge in [0.1, 0.15) is 5.75 Å². The van der Waals surface area contributed by atoms with Gasteiger partial charge in [-0.3, -0.25) is 10.1 Å². The second-order valence-electron chi connectivity index (χ2n) is 5.58. The highest BCUT2D eigenvalue weighted by Crippen LogP contribution is 2.28. The van der Waals surface area contributed by atoms with Crippen LogP contribution in [-0.4, -0.2) is 43.6 Å². The highest BCUT2D eigenvalue weighted by atomic mass is 16.5. The fourth-order valence-electron chi connectivity index (χ4n) is 2.85. The van der Waals surface area contributed by atoms with E-state index in [0.717, 1.165) is 38.2 Å². The van der Waals surface area contributed by atoms with E-state index in [0.29, 0.717) is 12.3 Å². The second-order valence-corrected chi connectivity index (χ2v) is 5.58. The van der Waals surface area contributed by atoms with Crippen molar-refractivity contribution < 1.29 is 14.3 Å². The van der Waals surface area contributed by atoms with E-state index in [2.05, 4.69) is 22.3 Å². The number of urea groups is 1. The molecule has 0 saturated carbocycles. The Balaban J connectivity index is 1.73. The van der Waals surface area contributed by atoms with E-state index in [9.17, 15) is 9.59 Å². The summed E-state index contributed by atoms with van der Waals surface area (Å²) < 4.78 is 5.17. The Morgan fingerprint density at radius 3 is 2.73 bits per heavy atom. The average molecular weight is 305 g/mol. The molecule has 6 heteroatoms. The van der Waals surface area contributed by atoms with Gasteiger partial charge < -0.3 is 15.4 Å². The Labute approximate surface area is 130 Å². The van der Waals surface area contributed by atoms with Crippen molar-refractivity contribution in [2.75, 3.05) is 26.7 Å². The van der Waals surface area contributed by atoms with Gasteiger partial charge in [-0.1, -0.05) is 12.1 Å². The van der Waals surface area contributed by atoms with Crippen molar-refractivity contribution in [2.45, 2.75) is 25.2 Å². The molecule has 3 amide bonds. The molecule has 1 aromatic rings. The van der Waals surface area contributed by atoms with E-state index in [1.165, 1.54) is 5.56 Å². The zero-order valence-electron chi connectivity index (χ0n) is 12.9. The largest absolute Gasteiger partial charge is 0.497 e. The van der Waals surface area contributed by atoms with Crippen LogP contribution in [0.25, 0.3) is 0 Å². The molecule has 3 N–H and O–H groups in total. The van der Waals surface area contributed by atoms with Crippen molar-refractivity contribution in [1.29, 1.82) is 0 Å². The zero-order chi connectivity index (χ0) is 15.9. The highest BCUT2D eigenvalue weighted by molar-refractivity contribution is 5.93. The van der Waals surface area contributed by atoms with E-state index >= 15 is 0 Å². The molecule has 0 spiro atoms. The minimum absolute atomic E-state index is 0.307. The van der Waals surface area contributed by atoms with Gasteiger partial charge in [0.2, 0.25) is 5.91 Å². The van der Waals surface area contributed by atoms with Crippen LogP contribution >= 0.6 is 0 Å². The topological polar surface area (TPSA) is 84.7 Å². The van der Waals surface area contributed by atoms with E-state index in [4.69, 9.17) is 10.5 Å². The van der Waals surface area contributed by atoms with Crippen LogP contribution in [0.3, 0.4) is 0 Å². The lowest BCUT2D eigenvalue weighted by molar-refractivity contribution is -0.120. The Hall–Kier alpha value is -2.08. The van der Waals surface area contributed by atoms with E-state index in [-0.39, 0.29) is 5.91 Å². The first-order valence-electron chi connectivity index (χ1n) is 7.54. The first kappa shape index (κ1) is 16.3.